The molecule has 5 heteroatoms. The number of quaternary nitrogens is 1. The van der Waals surface area contributed by atoms with Crippen LogP contribution in [0, 0.1) is 32.6 Å². The maximum Gasteiger partial charge on any atom is 0.244 e. The molecule has 2 aromatic carbocycles. The van der Waals surface area contributed by atoms with Gasteiger partial charge in [0.15, 0.2) is 6.04 Å². The fourth-order valence-corrected chi connectivity index (χ4v) is 5.97. The average molecular weight is 404 g/mol. The Morgan fingerprint density at radius 1 is 0.900 bits per heavy atom. The highest BCUT2D eigenvalue weighted by Gasteiger charge is 2.68. The third-order valence-corrected chi connectivity index (χ3v) is 7.13. The lowest BCUT2D eigenvalue weighted by Crippen LogP contribution is -3.16. The standard InChI is InChI=1S/C25H26N2O3/c1-14-6-8-17(9-7-14)23(28)22-21-20(19-5-4-10-26(19)22)24(29)27(25(21)30)18-12-15(2)11-16(3)13-18/h6-9,11-13,19-22H,4-5,10H2,1-3H3/p+1/t19-,20-,21+,22-/m1/s1. The SMILES string of the molecule is Cc1ccc(C(=O)[C@H]2[C@H]3C(=O)N(c4cc(C)cc(C)c4)C(=O)[C@@H]3[C@H]3CCC[NH+]32)cc1. The van der Waals surface area contributed by atoms with Crippen LogP contribution >= 0.6 is 0 Å². The van der Waals surface area contributed by atoms with Crippen molar-refractivity contribution in [1.29, 1.82) is 0 Å². The zero-order valence-electron chi connectivity index (χ0n) is 17.6. The number of carbonyl (C=O) groups excluding carboxylic acids is 3. The number of imide groups is 1. The smallest absolute Gasteiger partial charge is 0.244 e. The summed E-state index contributed by atoms with van der Waals surface area (Å²) in [6, 6.07) is 12.9. The molecule has 5 rings (SSSR count). The van der Waals surface area contributed by atoms with Crippen LogP contribution in [0.4, 0.5) is 5.69 Å². The van der Waals surface area contributed by atoms with Gasteiger partial charge in [0.1, 0.15) is 17.9 Å². The Kier molecular flexibility index (Phi) is 4.40. The first-order valence-corrected chi connectivity index (χ1v) is 10.8. The van der Waals surface area contributed by atoms with Gasteiger partial charge in [-0.1, -0.05) is 35.9 Å². The van der Waals surface area contributed by atoms with Crippen molar-refractivity contribution in [3.8, 4) is 0 Å². The summed E-state index contributed by atoms with van der Waals surface area (Å²) in [5.41, 5.74) is 4.40. The molecule has 0 saturated carbocycles. The van der Waals surface area contributed by atoms with Gasteiger partial charge in [0.25, 0.3) is 0 Å². The normalized spacial score (nSPS) is 30.0. The van der Waals surface area contributed by atoms with E-state index in [0.29, 0.717) is 11.3 Å². The van der Waals surface area contributed by atoms with E-state index in [1.54, 1.807) is 0 Å². The summed E-state index contributed by atoms with van der Waals surface area (Å²) in [6.45, 7) is 6.77. The van der Waals surface area contributed by atoms with Crippen LogP contribution in [0.25, 0.3) is 0 Å². The van der Waals surface area contributed by atoms with E-state index in [9.17, 15) is 14.4 Å². The molecule has 3 saturated heterocycles. The van der Waals surface area contributed by atoms with Gasteiger partial charge in [-0.25, -0.2) is 4.90 Å². The molecule has 5 atom stereocenters. The fraction of sp³-hybridized carbons (Fsp3) is 0.400. The number of ketones is 1. The molecular weight excluding hydrogens is 376 g/mol. The highest BCUT2D eigenvalue weighted by atomic mass is 16.2. The predicted octanol–water partition coefficient (Wildman–Crippen LogP) is 2.03. The zero-order chi connectivity index (χ0) is 21.2. The fourth-order valence-electron chi connectivity index (χ4n) is 5.97. The summed E-state index contributed by atoms with van der Waals surface area (Å²) in [5.74, 6) is -1.29. The molecule has 1 unspecified atom stereocenters. The lowest BCUT2D eigenvalue weighted by molar-refractivity contribution is -0.915. The lowest BCUT2D eigenvalue weighted by Gasteiger charge is -2.25. The van der Waals surface area contributed by atoms with Crippen LogP contribution < -0.4 is 9.80 Å². The minimum absolute atomic E-state index is 0.00665. The molecule has 0 spiro atoms. The van der Waals surface area contributed by atoms with Crippen LogP contribution in [-0.4, -0.2) is 36.2 Å². The number of benzene rings is 2. The number of amides is 2. The molecule has 30 heavy (non-hydrogen) atoms. The van der Waals surface area contributed by atoms with Crippen LogP contribution in [0.15, 0.2) is 42.5 Å². The Balaban J connectivity index is 1.56. The van der Waals surface area contributed by atoms with Crippen molar-refractivity contribution in [1.82, 2.24) is 0 Å². The summed E-state index contributed by atoms with van der Waals surface area (Å²) >= 11 is 0. The van der Waals surface area contributed by atoms with Crippen molar-refractivity contribution in [3.05, 3.63) is 64.7 Å². The van der Waals surface area contributed by atoms with Crippen molar-refractivity contribution in [2.45, 2.75) is 45.7 Å². The van der Waals surface area contributed by atoms with Crippen LogP contribution in [0.3, 0.4) is 0 Å². The molecular formula is C25H27N2O3+. The van der Waals surface area contributed by atoms with Gasteiger partial charge in [-0.05, 0) is 44.0 Å². The van der Waals surface area contributed by atoms with Gasteiger partial charge in [0.2, 0.25) is 17.6 Å². The first-order valence-electron chi connectivity index (χ1n) is 10.8. The van der Waals surface area contributed by atoms with Crippen molar-refractivity contribution in [3.63, 3.8) is 0 Å². The van der Waals surface area contributed by atoms with E-state index in [0.717, 1.165) is 41.0 Å². The molecule has 3 heterocycles. The van der Waals surface area contributed by atoms with Crippen LogP contribution in [0.1, 0.15) is 39.9 Å². The first kappa shape index (κ1) is 19.2. The quantitative estimate of drug-likeness (QED) is 0.630. The number of aryl methyl sites for hydroxylation is 3. The van der Waals surface area contributed by atoms with E-state index in [4.69, 9.17) is 0 Å². The van der Waals surface area contributed by atoms with E-state index < -0.39 is 17.9 Å². The molecule has 0 bridgehead atoms. The molecule has 3 aliphatic heterocycles. The predicted molar refractivity (Wildman–Crippen MR) is 114 cm³/mol. The van der Waals surface area contributed by atoms with E-state index in [-0.39, 0.29) is 23.6 Å². The molecule has 0 aliphatic carbocycles. The lowest BCUT2D eigenvalue weighted by atomic mass is 9.85. The Morgan fingerprint density at radius 3 is 2.20 bits per heavy atom. The van der Waals surface area contributed by atoms with Gasteiger partial charge >= 0.3 is 0 Å². The number of carbonyl (C=O) groups is 3. The molecule has 0 aromatic heterocycles. The van der Waals surface area contributed by atoms with E-state index in [1.165, 1.54) is 4.90 Å². The van der Waals surface area contributed by atoms with Crippen molar-refractivity contribution in [2.24, 2.45) is 11.8 Å². The number of anilines is 1. The van der Waals surface area contributed by atoms with Gasteiger partial charge in [-0.2, -0.15) is 0 Å². The maximum atomic E-state index is 13.6. The third kappa shape index (κ3) is 2.76. The Bertz CT molecular complexity index is 1040. The van der Waals surface area contributed by atoms with Gasteiger partial charge < -0.3 is 4.90 Å². The van der Waals surface area contributed by atoms with Crippen molar-refractivity contribution >= 4 is 23.3 Å². The van der Waals surface area contributed by atoms with Crippen LogP contribution in [0.5, 0.6) is 0 Å². The summed E-state index contributed by atoms with van der Waals surface area (Å²) < 4.78 is 0. The van der Waals surface area contributed by atoms with E-state index >= 15 is 0 Å². The van der Waals surface area contributed by atoms with Gasteiger partial charge in [-0.3, -0.25) is 14.4 Å². The number of nitrogens with zero attached hydrogens (tertiary/aromatic N) is 1. The molecule has 154 valence electrons. The second kappa shape index (κ2) is 6.88. The second-order valence-corrected chi connectivity index (χ2v) is 9.19. The summed E-state index contributed by atoms with van der Waals surface area (Å²) in [4.78, 5) is 43.1. The molecule has 3 aliphatic rings. The Morgan fingerprint density at radius 2 is 1.53 bits per heavy atom. The molecule has 2 aromatic rings. The van der Waals surface area contributed by atoms with Crippen molar-refractivity contribution < 1.29 is 19.3 Å². The number of Topliss-reactive ketones (excluding diaryl/α,β-unsaturated/α-hetero) is 1. The maximum absolute atomic E-state index is 13.6. The van der Waals surface area contributed by atoms with Crippen molar-refractivity contribution in [2.75, 3.05) is 11.4 Å². The van der Waals surface area contributed by atoms with Gasteiger partial charge in [0, 0.05) is 18.4 Å². The van der Waals surface area contributed by atoms with E-state index in [1.807, 2.05) is 63.2 Å². The number of fused-ring (bicyclic) bond motifs is 3. The van der Waals surface area contributed by atoms with Crippen LogP contribution in [-0.2, 0) is 9.59 Å². The largest absolute Gasteiger partial charge is 0.322 e. The minimum Gasteiger partial charge on any atom is -0.322 e. The number of nitrogens with one attached hydrogen (secondary N) is 1. The zero-order valence-corrected chi connectivity index (χ0v) is 17.6. The molecule has 5 nitrogen and oxygen atoms in total. The first-order chi connectivity index (χ1) is 14.4. The number of rotatable bonds is 3. The Labute approximate surface area is 176 Å². The highest BCUT2D eigenvalue weighted by Crippen LogP contribution is 2.40. The Hall–Kier alpha value is -2.79. The topological polar surface area (TPSA) is 58.9 Å². The third-order valence-electron chi connectivity index (χ3n) is 7.13. The van der Waals surface area contributed by atoms with Gasteiger partial charge in [0.05, 0.1) is 12.2 Å². The molecule has 2 amide bonds. The summed E-state index contributed by atoms with van der Waals surface area (Å²) in [6.07, 6.45) is 1.89. The second-order valence-electron chi connectivity index (χ2n) is 9.19. The molecule has 0 radical (unpaired) electrons. The summed E-state index contributed by atoms with van der Waals surface area (Å²) in [7, 11) is 0. The summed E-state index contributed by atoms with van der Waals surface area (Å²) in [5, 5.41) is 0. The number of hydrogen-bond acceptors (Lipinski definition) is 3. The van der Waals surface area contributed by atoms with Gasteiger partial charge in [-0.15, -0.1) is 0 Å². The monoisotopic (exact) mass is 403 g/mol. The van der Waals surface area contributed by atoms with E-state index in [2.05, 4.69) is 0 Å². The average Bonchev–Trinajstić information content (AvgIpc) is 3.33. The van der Waals surface area contributed by atoms with Crippen LogP contribution in [0.2, 0.25) is 0 Å². The molecule has 3 fully saturated rings. The number of hydrogen-bond donors (Lipinski definition) is 1. The minimum atomic E-state index is -0.563. The highest BCUT2D eigenvalue weighted by molar-refractivity contribution is 6.24. The molecule has 1 N–H and O–H groups in total.